The first kappa shape index (κ1) is 31.1. The Balaban J connectivity index is 0.000000177. The number of aryl methyl sites for hydroxylation is 2. The zero-order valence-electron chi connectivity index (χ0n) is 22.6. The van der Waals surface area contributed by atoms with Gasteiger partial charge < -0.3 is 0 Å². The minimum Gasteiger partial charge on any atom is 2.00 e. The van der Waals surface area contributed by atoms with E-state index in [1.165, 1.54) is 54.9 Å². The summed E-state index contributed by atoms with van der Waals surface area (Å²) in [7, 11) is 0. The molecule has 1 radical (unpaired) electrons. The van der Waals surface area contributed by atoms with Crippen LogP contribution in [0.1, 0.15) is 11.1 Å². The fraction of sp³-hybridized carbons (Fsp3) is 0.0588. The maximum Gasteiger partial charge on any atom is 2.00 e. The maximum atomic E-state index is 9.45. The van der Waals surface area contributed by atoms with Crippen molar-refractivity contribution < 1.29 is 35.8 Å². The summed E-state index contributed by atoms with van der Waals surface area (Å²) in [5, 5.41) is 5.37. The second-order valence-corrected chi connectivity index (χ2v) is 11.1. The van der Waals surface area contributed by atoms with E-state index in [1.54, 1.807) is 0 Å². The van der Waals surface area contributed by atoms with Gasteiger partial charge in [-0.25, -0.2) is 0 Å². The smallest absolute Gasteiger partial charge is 2.00 e. The number of carbonyl (C=O) groups excluding carboxylic acids is 2. The standard InChI is InChI=1S/2C16H13.2CH3NO.Ga.Zr/c2*1-12-10-14-8-5-9-15(16(14)11-12)13-6-3-2-4-7-13;2*2-1-3;;/h2*2-11H,1H3;2*1H,(H2,2,3);;/q2*-1;;;2*+2/p-2. The van der Waals surface area contributed by atoms with Gasteiger partial charge in [-0.1, -0.05) is 97.8 Å². The average molecular weight is 660 g/mol. The molecule has 2 N–H and O–H groups in total. The van der Waals surface area contributed by atoms with Gasteiger partial charge in [0.1, 0.15) is 0 Å². The van der Waals surface area contributed by atoms with Crippen molar-refractivity contribution in [1.29, 1.82) is 0 Å². The largest absolute Gasteiger partial charge is 2.00 e. The van der Waals surface area contributed by atoms with E-state index in [1.807, 2.05) is 0 Å². The van der Waals surface area contributed by atoms with Crippen molar-refractivity contribution in [3.63, 3.8) is 0 Å². The topological polar surface area (TPSA) is 58.2 Å². The second kappa shape index (κ2) is 16.0. The molecule has 6 rings (SSSR count). The molecule has 195 valence electrons. The summed E-state index contributed by atoms with van der Waals surface area (Å²) in [4.78, 5) is 18.9. The molecule has 0 heterocycles. The average Bonchev–Trinajstić information content (AvgIpc) is 3.55. The molecule has 0 saturated carbocycles. The molecular weight excluding hydrogens is 629 g/mol. The van der Waals surface area contributed by atoms with Gasteiger partial charge in [0, 0.05) is 0 Å². The molecule has 0 aliphatic rings. The van der Waals surface area contributed by atoms with Crippen LogP contribution in [0.15, 0.2) is 121 Å². The van der Waals surface area contributed by atoms with Crippen LogP contribution < -0.4 is 8.05 Å². The van der Waals surface area contributed by atoms with Crippen molar-refractivity contribution in [1.82, 2.24) is 8.05 Å². The van der Waals surface area contributed by atoms with E-state index in [-0.39, 0.29) is 26.2 Å². The molecule has 0 bridgehead atoms. The molecule has 4 nitrogen and oxygen atoms in total. The predicted molar refractivity (Wildman–Crippen MR) is 164 cm³/mol. The van der Waals surface area contributed by atoms with Gasteiger partial charge in [-0.3, -0.25) is 0 Å². The fourth-order valence-corrected chi connectivity index (χ4v) is 5.11. The van der Waals surface area contributed by atoms with E-state index in [0.717, 1.165) is 0 Å². The predicted octanol–water partition coefficient (Wildman–Crippen LogP) is 7.08. The van der Waals surface area contributed by atoms with E-state index in [0.29, 0.717) is 12.8 Å². The Kier molecular flexibility index (Phi) is 12.4. The normalized spacial score (nSPS) is 9.75. The van der Waals surface area contributed by atoms with Crippen LogP contribution in [-0.2, 0) is 35.8 Å². The number of benzene rings is 4. The Morgan fingerprint density at radius 3 is 1.35 bits per heavy atom. The first-order valence-electron chi connectivity index (χ1n) is 12.7. The molecule has 0 aromatic heterocycles. The Labute approximate surface area is 263 Å². The van der Waals surface area contributed by atoms with Gasteiger partial charge in [0.25, 0.3) is 0 Å². The molecule has 0 fully saturated rings. The number of rotatable bonds is 6. The minimum absolute atomic E-state index is 0. The quantitative estimate of drug-likeness (QED) is 0.0870. The molecule has 0 aliphatic heterocycles. The zero-order valence-corrected chi connectivity index (χ0v) is 27.5. The van der Waals surface area contributed by atoms with Crippen LogP contribution in [0.4, 0.5) is 0 Å². The molecule has 0 unspecified atom stereocenters. The summed E-state index contributed by atoms with van der Waals surface area (Å²) in [5.41, 5.74) is 7.89. The Morgan fingerprint density at radius 1 is 0.575 bits per heavy atom. The SMILES string of the molecule is Cc1cc2c(-c3ccccc3)cccc2[cH-]1.Cc1cc2c(-c3ccccc3)cccc2[cH-]1.O=C[NH][Ga][NH]C=O.[Zr+2]. The molecule has 0 spiro atoms. The third kappa shape index (κ3) is 8.28. The van der Waals surface area contributed by atoms with Crippen molar-refractivity contribution >= 4 is 52.3 Å². The summed E-state index contributed by atoms with van der Waals surface area (Å²) >= 11 is -0.953. The van der Waals surface area contributed by atoms with Gasteiger partial charge in [-0.05, 0) is 11.1 Å². The zero-order chi connectivity index (χ0) is 27.5. The van der Waals surface area contributed by atoms with Gasteiger partial charge in [-0.2, -0.15) is 12.1 Å². The number of carbonyl (C=O) groups is 2. The van der Waals surface area contributed by atoms with Crippen molar-refractivity contribution in [2.45, 2.75) is 13.8 Å². The summed E-state index contributed by atoms with van der Waals surface area (Å²) in [5.74, 6) is 0. The fourth-order valence-electron chi connectivity index (χ4n) is 4.62. The summed E-state index contributed by atoms with van der Waals surface area (Å²) < 4.78 is 4.76. The van der Waals surface area contributed by atoms with E-state index < -0.39 is 17.9 Å². The molecule has 0 saturated heterocycles. The van der Waals surface area contributed by atoms with E-state index in [4.69, 9.17) is 0 Å². The summed E-state index contributed by atoms with van der Waals surface area (Å²) in [6.45, 7) is 4.30. The first-order chi connectivity index (χ1) is 19.1. The van der Waals surface area contributed by atoms with Crippen LogP contribution >= 0.6 is 0 Å². The van der Waals surface area contributed by atoms with Crippen LogP contribution in [0, 0.1) is 13.8 Å². The number of hydrogen-bond donors (Lipinski definition) is 2. The molecule has 40 heavy (non-hydrogen) atoms. The monoisotopic (exact) mass is 657 g/mol. The number of amides is 2. The van der Waals surface area contributed by atoms with Crippen LogP contribution in [-0.4, -0.2) is 30.7 Å². The van der Waals surface area contributed by atoms with Crippen molar-refractivity contribution in [3.8, 4) is 22.3 Å². The van der Waals surface area contributed by atoms with Crippen LogP contribution in [0.25, 0.3) is 43.8 Å². The van der Waals surface area contributed by atoms with E-state index in [2.05, 4.69) is 143 Å². The molecular formula is C34H30GaN2O2Zr. The Morgan fingerprint density at radius 2 is 0.975 bits per heavy atom. The van der Waals surface area contributed by atoms with Gasteiger partial charge in [0.15, 0.2) is 0 Å². The van der Waals surface area contributed by atoms with Crippen LogP contribution in [0.2, 0.25) is 0 Å². The molecule has 2 amide bonds. The van der Waals surface area contributed by atoms with Crippen molar-refractivity contribution in [2.75, 3.05) is 0 Å². The van der Waals surface area contributed by atoms with E-state index in [9.17, 15) is 9.59 Å². The molecule has 6 aromatic carbocycles. The minimum atomic E-state index is -0.953. The van der Waals surface area contributed by atoms with Crippen molar-refractivity contribution in [2.24, 2.45) is 0 Å². The molecule has 6 aromatic rings. The Bertz CT molecular complexity index is 1520. The summed E-state index contributed by atoms with van der Waals surface area (Å²) in [6, 6.07) is 43.1. The molecule has 6 heteroatoms. The summed E-state index contributed by atoms with van der Waals surface area (Å²) in [6.07, 6.45) is 1.16. The third-order valence-corrected chi connectivity index (χ3v) is 7.53. The van der Waals surface area contributed by atoms with Gasteiger partial charge in [0.05, 0.1) is 0 Å². The van der Waals surface area contributed by atoms with Crippen LogP contribution in [0.5, 0.6) is 0 Å². The Hall–Kier alpha value is -3.44. The van der Waals surface area contributed by atoms with Gasteiger partial charge >= 0.3 is 74.6 Å². The molecule has 0 aliphatic carbocycles. The molecule has 0 atom stereocenters. The number of hydrogen-bond acceptors (Lipinski definition) is 2. The second-order valence-electron chi connectivity index (χ2n) is 9.13. The first-order valence-corrected chi connectivity index (χ1v) is 15.2. The van der Waals surface area contributed by atoms with Gasteiger partial charge in [0.2, 0.25) is 0 Å². The maximum absolute atomic E-state index is 9.45. The van der Waals surface area contributed by atoms with Crippen LogP contribution in [0.3, 0.4) is 0 Å². The van der Waals surface area contributed by atoms with Crippen molar-refractivity contribution in [3.05, 3.63) is 132 Å². The van der Waals surface area contributed by atoms with Gasteiger partial charge in [-0.15, -0.1) is 69.1 Å². The number of fused-ring (bicyclic) bond motifs is 2. The van der Waals surface area contributed by atoms with E-state index >= 15 is 0 Å². The number of nitrogens with one attached hydrogen (secondary N) is 2. The third-order valence-electron chi connectivity index (χ3n) is 6.26.